The van der Waals surface area contributed by atoms with E-state index in [4.69, 9.17) is 9.73 Å². The minimum absolute atomic E-state index is 0.0705. The maximum absolute atomic E-state index is 6.35. The van der Waals surface area contributed by atoms with Crippen LogP contribution in [0.25, 0.3) is 6.08 Å². The Kier molecular flexibility index (Phi) is 6.22. The zero-order valence-electron chi connectivity index (χ0n) is 18.4. The van der Waals surface area contributed by atoms with Gasteiger partial charge in [0.25, 0.3) is 0 Å². The molecule has 158 valence electrons. The number of aliphatic imine (C=N–C) groups is 1. The van der Waals surface area contributed by atoms with Gasteiger partial charge in [-0.25, -0.2) is 0 Å². The van der Waals surface area contributed by atoms with Gasteiger partial charge in [0.2, 0.25) is 0 Å². The molecule has 4 rings (SSSR count). The second-order valence-electron chi connectivity index (χ2n) is 8.42. The zero-order chi connectivity index (χ0) is 21.8. The van der Waals surface area contributed by atoms with Crippen LogP contribution in [0.3, 0.4) is 0 Å². The van der Waals surface area contributed by atoms with E-state index in [9.17, 15) is 0 Å². The summed E-state index contributed by atoms with van der Waals surface area (Å²) < 4.78 is 6.35. The summed E-state index contributed by atoms with van der Waals surface area (Å²) in [5.41, 5.74) is 7.47. The number of rotatable bonds is 6. The van der Waals surface area contributed by atoms with Crippen molar-refractivity contribution in [3.05, 3.63) is 107 Å². The molecule has 2 unspecified atom stereocenters. The molecule has 31 heavy (non-hydrogen) atoms. The Hall–Kier alpha value is -3.33. The summed E-state index contributed by atoms with van der Waals surface area (Å²) >= 11 is 0. The molecular formula is C28H30N2O. The van der Waals surface area contributed by atoms with Crippen molar-refractivity contribution in [2.75, 3.05) is 0 Å². The molecule has 0 bridgehead atoms. The third-order valence-electron chi connectivity index (χ3n) is 5.62. The molecule has 2 aromatic rings. The standard InChI is InChI=1S/C28H30N2O/c1-19(2)29-24-13-15-25(16-14-24)31-28-8-6-5-7-23(28)18-26-21(4)17-27(30-26)22-11-9-20(3)10-12-22/h5-13,15,18,24-25,29H,1,4,14,16-17H2,2-3H3/b26-18+. The van der Waals surface area contributed by atoms with Crippen molar-refractivity contribution in [2.24, 2.45) is 4.99 Å². The van der Waals surface area contributed by atoms with Gasteiger partial charge in [-0.1, -0.05) is 67.3 Å². The van der Waals surface area contributed by atoms with Crippen molar-refractivity contribution in [2.45, 2.75) is 45.3 Å². The van der Waals surface area contributed by atoms with Crippen LogP contribution >= 0.6 is 0 Å². The first kappa shape index (κ1) is 20.9. The maximum atomic E-state index is 6.35. The highest BCUT2D eigenvalue weighted by molar-refractivity contribution is 6.06. The third-order valence-corrected chi connectivity index (χ3v) is 5.62. The van der Waals surface area contributed by atoms with E-state index in [0.717, 1.165) is 58.8 Å². The minimum Gasteiger partial charge on any atom is -0.486 e. The van der Waals surface area contributed by atoms with Gasteiger partial charge in [-0.05, 0) is 56.0 Å². The van der Waals surface area contributed by atoms with E-state index in [-0.39, 0.29) is 6.10 Å². The van der Waals surface area contributed by atoms with Crippen LogP contribution in [0.4, 0.5) is 0 Å². The number of nitrogens with zero attached hydrogens (tertiary/aromatic N) is 1. The van der Waals surface area contributed by atoms with Gasteiger partial charge in [0.05, 0.1) is 11.4 Å². The Morgan fingerprint density at radius 1 is 1.10 bits per heavy atom. The Balaban J connectivity index is 1.52. The number of hydrogen-bond acceptors (Lipinski definition) is 3. The molecule has 2 aliphatic rings. The van der Waals surface area contributed by atoms with Gasteiger partial charge in [0, 0.05) is 23.7 Å². The number of benzene rings is 2. The summed E-state index contributed by atoms with van der Waals surface area (Å²) in [4.78, 5) is 4.88. The molecule has 2 aromatic carbocycles. The van der Waals surface area contributed by atoms with Gasteiger partial charge in [0.1, 0.15) is 11.9 Å². The molecule has 2 atom stereocenters. The van der Waals surface area contributed by atoms with Crippen LogP contribution in [0.15, 0.2) is 95.8 Å². The first-order valence-corrected chi connectivity index (χ1v) is 10.9. The highest BCUT2D eigenvalue weighted by Gasteiger charge is 2.20. The van der Waals surface area contributed by atoms with Crippen LogP contribution in [0.5, 0.6) is 5.75 Å². The van der Waals surface area contributed by atoms with Crippen LogP contribution in [0, 0.1) is 6.92 Å². The summed E-state index contributed by atoms with van der Waals surface area (Å²) in [6, 6.07) is 17.0. The van der Waals surface area contributed by atoms with Crippen molar-refractivity contribution in [3.8, 4) is 5.75 Å². The molecule has 0 amide bonds. The molecule has 1 aliphatic carbocycles. The van der Waals surface area contributed by atoms with E-state index in [1.54, 1.807) is 0 Å². The molecule has 3 nitrogen and oxygen atoms in total. The Morgan fingerprint density at radius 3 is 2.58 bits per heavy atom. The lowest BCUT2D eigenvalue weighted by atomic mass is 10.00. The lowest BCUT2D eigenvalue weighted by molar-refractivity contribution is 0.223. The number of hydrogen-bond donors (Lipinski definition) is 1. The summed E-state index contributed by atoms with van der Waals surface area (Å²) in [5, 5.41) is 3.38. The number of aryl methyl sites for hydroxylation is 1. The van der Waals surface area contributed by atoms with Crippen LogP contribution in [-0.4, -0.2) is 17.9 Å². The van der Waals surface area contributed by atoms with Gasteiger partial charge in [0.15, 0.2) is 0 Å². The lowest BCUT2D eigenvalue weighted by Gasteiger charge is -2.25. The van der Waals surface area contributed by atoms with E-state index >= 15 is 0 Å². The number of allylic oxidation sites excluding steroid dienone is 2. The van der Waals surface area contributed by atoms with Crippen molar-refractivity contribution in [1.29, 1.82) is 0 Å². The predicted molar refractivity (Wildman–Crippen MR) is 130 cm³/mol. The molecular weight excluding hydrogens is 380 g/mol. The summed E-state index contributed by atoms with van der Waals surface area (Å²) in [6.07, 6.45) is 9.27. The van der Waals surface area contributed by atoms with Crippen LogP contribution < -0.4 is 10.1 Å². The van der Waals surface area contributed by atoms with Crippen molar-refractivity contribution < 1.29 is 4.74 Å². The van der Waals surface area contributed by atoms with Crippen molar-refractivity contribution in [1.82, 2.24) is 5.32 Å². The highest BCUT2D eigenvalue weighted by atomic mass is 16.5. The van der Waals surface area contributed by atoms with Gasteiger partial charge in [-0.2, -0.15) is 0 Å². The van der Waals surface area contributed by atoms with E-state index in [2.05, 4.69) is 74.0 Å². The molecule has 0 aromatic heterocycles. The molecule has 0 fully saturated rings. The monoisotopic (exact) mass is 410 g/mol. The van der Waals surface area contributed by atoms with Crippen molar-refractivity contribution in [3.63, 3.8) is 0 Å². The molecule has 3 heteroatoms. The molecule has 0 saturated heterocycles. The fraction of sp³-hybridized carbons (Fsp3) is 0.250. The molecule has 0 spiro atoms. The van der Waals surface area contributed by atoms with E-state index in [1.807, 2.05) is 25.1 Å². The predicted octanol–water partition coefficient (Wildman–Crippen LogP) is 6.37. The minimum atomic E-state index is 0.0705. The van der Waals surface area contributed by atoms with E-state index < -0.39 is 0 Å². The van der Waals surface area contributed by atoms with Gasteiger partial charge >= 0.3 is 0 Å². The SMILES string of the molecule is C=C(C)NC1C=CC(Oc2ccccc2/C=C2/N=C(c3ccc(C)cc3)CC2=C)CC1. The highest BCUT2D eigenvalue weighted by Crippen LogP contribution is 2.31. The Labute approximate surface area is 185 Å². The smallest absolute Gasteiger partial charge is 0.127 e. The molecule has 1 aliphatic heterocycles. The van der Waals surface area contributed by atoms with Crippen LogP contribution in [0.2, 0.25) is 0 Å². The Bertz CT molecular complexity index is 1070. The second kappa shape index (κ2) is 9.22. The summed E-state index contributed by atoms with van der Waals surface area (Å²) in [7, 11) is 0. The lowest BCUT2D eigenvalue weighted by Crippen LogP contribution is -2.31. The van der Waals surface area contributed by atoms with E-state index in [1.165, 1.54) is 5.56 Å². The van der Waals surface area contributed by atoms with Gasteiger partial charge in [-0.15, -0.1) is 0 Å². The summed E-state index contributed by atoms with van der Waals surface area (Å²) in [5.74, 6) is 0.878. The average molecular weight is 411 g/mol. The van der Waals surface area contributed by atoms with Gasteiger partial charge in [-0.3, -0.25) is 4.99 Å². The first-order chi connectivity index (χ1) is 15.0. The quantitative estimate of drug-likeness (QED) is 0.561. The zero-order valence-corrected chi connectivity index (χ0v) is 18.4. The van der Waals surface area contributed by atoms with Crippen molar-refractivity contribution >= 4 is 11.8 Å². The maximum Gasteiger partial charge on any atom is 0.127 e. The summed E-state index contributed by atoms with van der Waals surface area (Å²) in [6.45, 7) is 12.3. The number of nitrogens with one attached hydrogen (secondary N) is 1. The van der Waals surface area contributed by atoms with Gasteiger partial charge < -0.3 is 10.1 Å². The largest absolute Gasteiger partial charge is 0.486 e. The first-order valence-electron chi connectivity index (χ1n) is 10.9. The van der Waals surface area contributed by atoms with Crippen LogP contribution in [-0.2, 0) is 0 Å². The topological polar surface area (TPSA) is 33.6 Å². The molecule has 1 N–H and O–H groups in total. The van der Waals surface area contributed by atoms with Crippen LogP contribution in [0.1, 0.15) is 42.9 Å². The fourth-order valence-electron chi connectivity index (χ4n) is 3.95. The number of para-hydroxylation sites is 1. The fourth-order valence-corrected chi connectivity index (χ4v) is 3.95. The average Bonchev–Trinajstić information content (AvgIpc) is 3.11. The third kappa shape index (κ3) is 5.24. The normalized spacial score (nSPS) is 21.8. The molecule has 0 radical (unpaired) electrons. The second-order valence-corrected chi connectivity index (χ2v) is 8.42. The Morgan fingerprint density at radius 2 is 1.87 bits per heavy atom. The number of ether oxygens (including phenoxy) is 1. The molecule has 1 heterocycles. The van der Waals surface area contributed by atoms with E-state index in [0.29, 0.717) is 6.04 Å². The molecule has 0 saturated carbocycles.